The van der Waals surface area contributed by atoms with E-state index in [9.17, 15) is 14.7 Å². The summed E-state index contributed by atoms with van der Waals surface area (Å²) in [4.78, 5) is 22.8. The second-order valence-electron chi connectivity index (χ2n) is 7.34. The lowest BCUT2D eigenvalue weighted by molar-refractivity contribution is -0.156. The second kappa shape index (κ2) is 13.0. The van der Waals surface area contributed by atoms with Crippen LogP contribution in [0.25, 0.3) is 0 Å². The van der Waals surface area contributed by atoms with Crippen molar-refractivity contribution in [1.82, 2.24) is 0 Å². The fraction of sp³-hybridized carbons (Fsp3) is 0.800. The molecular weight excluding hydrogens is 304 g/mol. The molecule has 0 fully saturated rings. The van der Waals surface area contributed by atoms with Gasteiger partial charge in [-0.1, -0.05) is 71.4 Å². The van der Waals surface area contributed by atoms with Gasteiger partial charge in [0.15, 0.2) is 0 Å². The summed E-state index contributed by atoms with van der Waals surface area (Å²) in [6.07, 6.45) is 14.0. The van der Waals surface area contributed by atoms with Crippen LogP contribution >= 0.6 is 0 Å². The van der Waals surface area contributed by atoms with Crippen molar-refractivity contribution in [3.63, 3.8) is 0 Å². The van der Waals surface area contributed by atoms with Gasteiger partial charge in [-0.15, -0.1) is 0 Å². The predicted molar refractivity (Wildman–Crippen MR) is 98.1 cm³/mol. The number of carboxylic acid groups (broad SMARTS) is 2. The Labute approximate surface area is 147 Å². The first-order valence-electron chi connectivity index (χ1n) is 9.44. The molecule has 0 saturated carbocycles. The number of hydrogen-bond acceptors (Lipinski definition) is 2. The van der Waals surface area contributed by atoms with Gasteiger partial charge in [-0.25, -0.2) is 0 Å². The third kappa shape index (κ3) is 10.5. The first kappa shape index (κ1) is 22.7. The maximum atomic E-state index is 11.7. The van der Waals surface area contributed by atoms with Gasteiger partial charge in [0, 0.05) is 0 Å². The van der Waals surface area contributed by atoms with E-state index in [0.717, 1.165) is 12.8 Å². The van der Waals surface area contributed by atoms with E-state index in [1.807, 2.05) is 26.0 Å². The molecule has 0 aromatic carbocycles. The van der Waals surface area contributed by atoms with Crippen molar-refractivity contribution < 1.29 is 19.8 Å². The van der Waals surface area contributed by atoms with Crippen LogP contribution in [0, 0.1) is 11.3 Å². The molecule has 2 N–H and O–H groups in total. The molecule has 0 aromatic heterocycles. The minimum absolute atomic E-state index is 0.150. The van der Waals surface area contributed by atoms with Gasteiger partial charge < -0.3 is 10.2 Å². The highest BCUT2D eigenvalue weighted by Gasteiger charge is 2.40. The zero-order chi connectivity index (χ0) is 18.4. The Kier molecular flexibility index (Phi) is 12.3. The Morgan fingerprint density at radius 1 is 0.958 bits per heavy atom. The van der Waals surface area contributed by atoms with Gasteiger partial charge >= 0.3 is 11.9 Å². The van der Waals surface area contributed by atoms with Crippen LogP contribution in [-0.4, -0.2) is 22.2 Å². The molecule has 0 aliphatic heterocycles. The van der Waals surface area contributed by atoms with E-state index >= 15 is 0 Å². The van der Waals surface area contributed by atoms with Crippen molar-refractivity contribution in [3.8, 4) is 0 Å². The molecule has 1 unspecified atom stereocenters. The molecule has 4 heteroatoms. The summed E-state index contributed by atoms with van der Waals surface area (Å²) in [6.45, 7) is 6.08. The lowest BCUT2D eigenvalue weighted by atomic mass is 9.74. The van der Waals surface area contributed by atoms with E-state index in [2.05, 4.69) is 6.92 Å². The molecule has 24 heavy (non-hydrogen) atoms. The van der Waals surface area contributed by atoms with Gasteiger partial charge in [-0.05, 0) is 31.6 Å². The van der Waals surface area contributed by atoms with Gasteiger partial charge in [0.25, 0.3) is 0 Å². The van der Waals surface area contributed by atoms with Crippen molar-refractivity contribution >= 4 is 11.9 Å². The minimum atomic E-state index is -1.18. The normalized spacial score (nSPS) is 14.2. The van der Waals surface area contributed by atoms with Crippen LogP contribution < -0.4 is 0 Å². The summed E-state index contributed by atoms with van der Waals surface area (Å²) in [7, 11) is 0. The smallest absolute Gasteiger partial charge is 0.310 e. The topological polar surface area (TPSA) is 74.6 Å². The number of carbonyl (C=O) groups is 2. The molecular formula is C20H36O4. The zero-order valence-corrected chi connectivity index (χ0v) is 15.7. The first-order valence-corrected chi connectivity index (χ1v) is 9.44. The van der Waals surface area contributed by atoms with Crippen LogP contribution in [0.5, 0.6) is 0 Å². The summed E-state index contributed by atoms with van der Waals surface area (Å²) in [5.41, 5.74) is -1.18. The lowest BCUT2D eigenvalue weighted by Gasteiger charge is -2.28. The molecule has 0 bridgehead atoms. The van der Waals surface area contributed by atoms with Crippen molar-refractivity contribution in [2.75, 3.05) is 0 Å². The molecule has 0 rings (SSSR count). The molecule has 0 heterocycles. The number of unbranched alkanes of at least 4 members (excludes halogenated alkanes) is 7. The Bertz CT molecular complexity index is 387. The highest BCUT2D eigenvalue weighted by atomic mass is 16.4. The molecule has 0 amide bonds. The fourth-order valence-corrected chi connectivity index (χ4v) is 3.19. The Morgan fingerprint density at radius 3 is 2.04 bits per heavy atom. The largest absolute Gasteiger partial charge is 0.481 e. The number of aliphatic carboxylic acids is 2. The van der Waals surface area contributed by atoms with Crippen LogP contribution in [0.3, 0.4) is 0 Å². The van der Waals surface area contributed by atoms with Crippen LogP contribution in [0.1, 0.15) is 91.4 Å². The average molecular weight is 341 g/mol. The third-order valence-corrected chi connectivity index (χ3v) is 4.39. The molecule has 0 radical (unpaired) electrons. The molecule has 4 nitrogen and oxygen atoms in total. The molecule has 0 aliphatic carbocycles. The zero-order valence-electron chi connectivity index (χ0n) is 15.7. The van der Waals surface area contributed by atoms with E-state index < -0.39 is 17.4 Å². The van der Waals surface area contributed by atoms with Gasteiger partial charge in [0.05, 0.1) is 11.8 Å². The van der Waals surface area contributed by atoms with Crippen molar-refractivity contribution in [2.45, 2.75) is 91.4 Å². The molecule has 0 spiro atoms. The van der Waals surface area contributed by atoms with Gasteiger partial charge in [0.2, 0.25) is 0 Å². The first-order chi connectivity index (χ1) is 11.3. The molecule has 140 valence electrons. The molecule has 0 saturated heterocycles. The Morgan fingerprint density at radius 2 is 1.54 bits per heavy atom. The Balaban J connectivity index is 4.30. The van der Waals surface area contributed by atoms with Crippen molar-refractivity contribution in [2.24, 2.45) is 11.3 Å². The highest BCUT2D eigenvalue weighted by molar-refractivity contribution is 5.81. The number of carboxylic acids is 2. The Hall–Kier alpha value is -1.32. The van der Waals surface area contributed by atoms with Crippen LogP contribution in [0.15, 0.2) is 12.2 Å². The van der Waals surface area contributed by atoms with Crippen LogP contribution in [0.2, 0.25) is 0 Å². The monoisotopic (exact) mass is 340 g/mol. The summed E-state index contributed by atoms with van der Waals surface area (Å²) in [5.74, 6) is -1.89. The number of hydrogen-bond donors (Lipinski definition) is 2. The molecule has 1 atom stereocenters. The van der Waals surface area contributed by atoms with E-state index in [1.165, 1.54) is 38.5 Å². The summed E-state index contributed by atoms with van der Waals surface area (Å²) in [5, 5.41) is 18.7. The summed E-state index contributed by atoms with van der Waals surface area (Å²) < 4.78 is 0. The van der Waals surface area contributed by atoms with E-state index in [-0.39, 0.29) is 12.3 Å². The average Bonchev–Trinajstić information content (AvgIpc) is 2.47. The lowest BCUT2D eigenvalue weighted by Crippen LogP contribution is -2.34. The second-order valence-corrected chi connectivity index (χ2v) is 7.34. The van der Waals surface area contributed by atoms with E-state index in [0.29, 0.717) is 12.8 Å². The van der Waals surface area contributed by atoms with E-state index in [1.54, 1.807) is 0 Å². The quantitative estimate of drug-likeness (QED) is 0.298. The molecule has 0 aliphatic rings. The van der Waals surface area contributed by atoms with Crippen LogP contribution in [0.4, 0.5) is 0 Å². The molecule has 0 aromatic rings. The number of allylic oxidation sites excluding steroid dienone is 2. The van der Waals surface area contributed by atoms with Crippen LogP contribution in [-0.2, 0) is 9.59 Å². The SMILES string of the molecule is CCCCCCCCCC=CCC(CC(=O)O)(CC(C)C)C(=O)O. The van der Waals surface area contributed by atoms with Gasteiger partial charge in [-0.3, -0.25) is 9.59 Å². The van der Waals surface area contributed by atoms with Gasteiger partial charge in [0.1, 0.15) is 0 Å². The van der Waals surface area contributed by atoms with Crippen molar-refractivity contribution in [3.05, 3.63) is 12.2 Å². The fourth-order valence-electron chi connectivity index (χ4n) is 3.19. The van der Waals surface area contributed by atoms with E-state index in [4.69, 9.17) is 5.11 Å². The summed E-state index contributed by atoms with van der Waals surface area (Å²) >= 11 is 0. The summed E-state index contributed by atoms with van der Waals surface area (Å²) in [6, 6.07) is 0. The van der Waals surface area contributed by atoms with Gasteiger partial charge in [-0.2, -0.15) is 0 Å². The predicted octanol–water partition coefficient (Wildman–Crippen LogP) is 5.67. The van der Waals surface area contributed by atoms with Crippen molar-refractivity contribution in [1.29, 1.82) is 0 Å². The minimum Gasteiger partial charge on any atom is -0.481 e. The standard InChI is InChI=1S/C20H36O4/c1-4-5-6-7-8-9-10-11-12-13-14-20(19(23)24,15-17(2)3)16-18(21)22/h12-13,17H,4-11,14-16H2,1-3H3,(H,21,22)(H,23,24). The maximum absolute atomic E-state index is 11.7. The highest BCUT2D eigenvalue weighted by Crippen LogP contribution is 2.35. The maximum Gasteiger partial charge on any atom is 0.310 e. The third-order valence-electron chi connectivity index (χ3n) is 4.39. The number of rotatable bonds is 15.